The van der Waals surface area contributed by atoms with Crippen LogP contribution in [0.1, 0.15) is 30.1 Å². The highest BCUT2D eigenvalue weighted by Gasteiger charge is 2.16. The van der Waals surface area contributed by atoms with Crippen molar-refractivity contribution in [3.05, 3.63) is 35.8 Å². The third-order valence-corrected chi connectivity index (χ3v) is 3.68. The van der Waals surface area contributed by atoms with Crippen molar-refractivity contribution in [1.29, 1.82) is 0 Å². The quantitative estimate of drug-likeness (QED) is 0.633. The molecule has 0 aliphatic heterocycles. The molecule has 0 bridgehead atoms. The molecule has 2 heterocycles. The van der Waals surface area contributed by atoms with Gasteiger partial charge in [0.1, 0.15) is 11.6 Å². The second-order valence-corrected chi connectivity index (χ2v) is 5.23. The van der Waals surface area contributed by atoms with Crippen LogP contribution in [-0.4, -0.2) is 22.4 Å². The number of hydrogen-bond donors (Lipinski definition) is 3. The summed E-state index contributed by atoms with van der Waals surface area (Å²) in [5, 5.41) is 4.63. The fourth-order valence-corrected chi connectivity index (χ4v) is 2.57. The Hall–Kier alpha value is -2.63. The molecule has 2 aromatic heterocycles. The summed E-state index contributed by atoms with van der Waals surface area (Å²) < 4.78 is 13.6. The van der Waals surface area contributed by atoms with E-state index in [1.165, 1.54) is 18.3 Å². The fraction of sp³-hybridized carbons (Fsp3) is 0.250. The number of unbranched alkanes of at least 4 members (excludes halogenated alkanes) is 1. The highest BCUT2D eigenvalue weighted by molar-refractivity contribution is 6.18. The number of rotatable bonds is 5. The lowest BCUT2D eigenvalue weighted by Gasteiger charge is -2.08. The summed E-state index contributed by atoms with van der Waals surface area (Å²) in [5.41, 5.74) is 7.04. The standard InChI is InChI=1S/C16H17FN4O/c1-2-3-6-19-16-13-10-7-9(17)4-5-12(10)21-14(13)11(8-20-16)15(18)22/h4-5,7-8,21H,2-3,6H2,1H3,(H2,18,22)(H,19,20). The van der Waals surface area contributed by atoms with Crippen molar-refractivity contribution in [2.45, 2.75) is 19.8 Å². The lowest BCUT2D eigenvalue weighted by molar-refractivity contribution is 0.100. The maximum Gasteiger partial charge on any atom is 0.252 e. The average Bonchev–Trinajstić information content (AvgIpc) is 2.86. The van der Waals surface area contributed by atoms with Crippen molar-refractivity contribution in [3.63, 3.8) is 0 Å². The Balaban J connectivity index is 2.27. The van der Waals surface area contributed by atoms with Gasteiger partial charge in [-0.25, -0.2) is 9.37 Å². The molecule has 0 aliphatic rings. The third-order valence-electron chi connectivity index (χ3n) is 3.68. The molecule has 3 aromatic rings. The zero-order valence-corrected chi connectivity index (χ0v) is 12.2. The SMILES string of the molecule is CCCCNc1ncc(C(N)=O)c2[nH]c3ccc(F)cc3c12. The molecule has 22 heavy (non-hydrogen) atoms. The molecule has 114 valence electrons. The first kappa shape index (κ1) is 14.3. The zero-order chi connectivity index (χ0) is 15.7. The summed E-state index contributed by atoms with van der Waals surface area (Å²) in [5.74, 6) is -0.271. The normalized spacial score (nSPS) is 11.2. The van der Waals surface area contributed by atoms with E-state index in [0.717, 1.165) is 24.9 Å². The number of aromatic amines is 1. The largest absolute Gasteiger partial charge is 0.369 e. The lowest BCUT2D eigenvalue weighted by atomic mass is 10.1. The first-order chi connectivity index (χ1) is 10.6. The van der Waals surface area contributed by atoms with E-state index in [-0.39, 0.29) is 5.82 Å². The Bertz CT molecular complexity index is 856. The molecule has 0 radical (unpaired) electrons. The summed E-state index contributed by atoms with van der Waals surface area (Å²) in [6.07, 6.45) is 3.50. The number of anilines is 1. The van der Waals surface area contributed by atoms with Crippen molar-refractivity contribution in [1.82, 2.24) is 9.97 Å². The van der Waals surface area contributed by atoms with Crippen molar-refractivity contribution in [3.8, 4) is 0 Å². The van der Waals surface area contributed by atoms with Crippen LogP contribution in [0, 0.1) is 5.82 Å². The molecule has 0 spiro atoms. The Morgan fingerprint density at radius 2 is 2.27 bits per heavy atom. The van der Waals surface area contributed by atoms with Gasteiger partial charge in [0.05, 0.1) is 16.5 Å². The van der Waals surface area contributed by atoms with Gasteiger partial charge in [-0.3, -0.25) is 4.79 Å². The summed E-state index contributed by atoms with van der Waals surface area (Å²) >= 11 is 0. The van der Waals surface area contributed by atoms with E-state index in [0.29, 0.717) is 27.7 Å². The molecule has 3 rings (SSSR count). The Labute approximate surface area is 126 Å². The number of primary amides is 1. The van der Waals surface area contributed by atoms with Crippen LogP contribution in [0.4, 0.5) is 10.2 Å². The van der Waals surface area contributed by atoms with Gasteiger partial charge in [0, 0.05) is 23.6 Å². The molecule has 0 aliphatic carbocycles. The van der Waals surface area contributed by atoms with Crippen LogP contribution in [0.3, 0.4) is 0 Å². The monoisotopic (exact) mass is 300 g/mol. The van der Waals surface area contributed by atoms with E-state index in [1.807, 2.05) is 0 Å². The summed E-state index contributed by atoms with van der Waals surface area (Å²) in [6, 6.07) is 4.45. The van der Waals surface area contributed by atoms with Crippen LogP contribution in [0.25, 0.3) is 21.8 Å². The van der Waals surface area contributed by atoms with E-state index in [2.05, 4.69) is 22.2 Å². The van der Waals surface area contributed by atoms with Gasteiger partial charge in [-0.1, -0.05) is 13.3 Å². The second-order valence-electron chi connectivity index (χ2n) is 5.23. The molecule has 0 saturated heterocycles. The Kier molecular flexibility index (Phi) is 3.66. The predicted molar refractivity (Wildman–Crippen MR) is 85.5 cm³/mol. The molecule has 0 atom stereocenters. The minimum atomic E-state index is -0.565. The van der Waals surface area contributed by atoms with Crippen molar-refractivity contribution in [2.75, 3.05) is 11.9 Å². The molecule has 6 heteroatoms. The number of amides is 1. The fourth-order valence-electron chi connectivity index (χ4n) is 2.57. The molecular weight excluding hydrogens is 283 g/mol. The molecule has 1 amide bonds. The molecule has 1 aromatic carbocycles. The molecule has 0 fully saturated rings. The van der Waals surface area contributed by atoms with Gasteiger partial charge in [-0.05, 0) is 24.6 Å². The summed E-state index contributed by atoms with van der Waals surface area (Å²) in [6.45, 7) is 2.86. The van der Waals surface area contributed by atoms with Crippen molar-refractivity contribution in [2.24, 2.45) is 5.73 Å². The van der Waals surface area contributed by atoms with Gasteiger partial charge in [-0.2, -0.15) is 0 Å². The summed E-state index contributed by atoms with van der Waals surface area (Å²) in [4.78, 5) is 19.0. The number of benzene rings is 1. The number of pyridine rings is 1. The number of nitrogens with one attached hydrogen (secondary N) is 2. The number of nitrogens with two attached hydrogens (primary N) is 1. The van der Waals surface area contributed by atoms with E-state index >= 15 is 0 Å². The van der Waals surface area contributed by atoms with Gasteiger partial charge >= 0.3 is 0 Å². The van der Waals surface area contributed by atoms with Crippen LogP contribution in [-0.2, 0) is 0 Å². The number of carbonyl (C=O) groups excluding carboxylic acids is 1. The van der Waals surface area contributed by atoms with E-state index < -0.39 is 5.91 Å². The number of H-pyrrole nitrogens is 1. The van der Waals surface area contributed by atoms with E-state index in [1.54, 1.807) is 6.07 Å². The van der Waals surface area contributed by atoms with Gasteiger partial charge < -0.3 is 16.0 Å². The van der Waals surface area contributed by atoms with Gasteiger partial charge in [0.25, 0.3) is 5.91 Å². The van der Waals surface area contributed by atoms with Crippen LogP contribution < -0.4 is 11.1 Å². The Morgan fingerprint density at radius 3 is 3.00 bits per heavy atom. The molecule has 0 unspecified atom stereocenters. The van der Waals surface area contributed by atoms with Gasteiger partial charge in [0.2, 0.25) is 0 Å². The highest BCUT2D eigenvalue weighted by Crippen LogP contribution is 2.32. The topological polar surface area (TPSA) is 83.8 Å². The molecule has 0 saturated carbocycles. The number of carbonyl (C=O) groups is 1. The number of halogens is 1. The molecular formula is C16H17FN4O. The van der Waals surface area contributed by atoms with E-state index in [9.17, 15) is 9.18 Å². The number of aromatic nitrogens is 2. The molecule has 5 nitrogen and oxygen atoms in total. The van der Waals surface area contributed by atoms with Crippen molar-refractivity contribution >= 4 is 33.5 Å². The van der Waals surface area contributed by atoms with Crippen molar-refractivity contribution < 1.29 is 9.18 Å². The van der Waals surface area contributed by atoms with Gasteiger partial charge in [-0.15, -0.1) is 0 Å². The zero-order valence-electron chi connectivity index (χ0n) is 12.2. The third kappa shape index (κ3) is 2.36. The smallest absolute Gasteiger partial charge is 0.252 e. The number of nitrogens with zero attached hydrogens (tertiary/aromatic N) is 1. The number of fused-ring (bicyclic) bond motifs is 3. The lowest BCUT2D eigenvalue weighted by Crippen LogP contribution is -2.13. The Morgan fingerprint density at radius 1 is 1.45 bits per heavy atom. The van der Waals surface area contributed by atoms with Crippen LogP contribution >= 0.6 is 0 Å². The maximum absolute atomic E-state index is 13.6. The van der Waals surface area contributed by atoms with Crippen LogP contribution in [0.15, 0.2) is 24.4 Å². The second kappa shape index (κ2) is 5.63. The minimum Gasteiger partial charge on any atom is -0.369 e. The first-order valence-electron chi connectivity index (χ1n) is 7.25. The highest BCUT2D eigenvalue weighted by atomic mass is 19.1. The van der Waals surface area contributed by atoms with Crippen LogP contribution in [0.5, 0.6) is 0 Å². The average molecular weight is 300 g/mol. The predicted octanol–water partition coefficient (Wildman–Crippen LogP) is 3.17. The number of hydrogen-bond acceptors (Lipinski definition) is 3. The minimum absolute atomic E-state index is 0.299. The summed E-state index contributed by atoms with van der Waals surface area (Å²) in [7, 11) is 0. The maximum atomic E-state index is 13.6. The van der Waals surface area contributed by atoms with E-state index in [4.69, 9.17) is 5.73 Å². The van der Waals surface area contributed by atoms with Crippen LogP contribution in [0.2, 0.25) is 0 Å². The first-order valence-corrected chi connectivity index (χ1v) is 7.25. The van der Waals surface area contributed by atoms with Gasteiger partial charge in [0.15, 0.2) is 0 Å². The molecule has 4 N–H and O–H groups in total.